The molecule has 3 heteroatoms. The maximum atomic E-state index is 10.9. The summed E-state index contributed by atoms with van der Waals surface area (Å²) in [6, 6.07) is 3.03. The van der Waals surface area contributed by atoms with Crippen molar-refractivity contribution in [2.45, 2.75) is 71.6 Å². The second kappa shape index (κ2) is 12.3. The molecule has 1 rings (SSSR count). The molecule has 0 aliphatic carbocycles. The highest BCUT2D eigenvalue weighted by Crippen LogP contribution is 2.21. The Morgan fingerprint density at radius 1 is 0.920 bits per heavy atom. The van der Waals surface area contributed by atoms with E-state index in [2.05, 4.69) is 25.7 Å². The van der Waals surface area contributed by atoms with Crippen LogP contribution in [0.25, 0.3) is 0 Å². The van der Waals surface area contributed by atoms with Gasteiger partial charge in [0.1, 0.15) is 5.75 Å². The van der Waals surface area contributed by atoms with Crippen LogP contribution in [0.1, 0.15) is 97.9 Å². The van der Waals surface area contributed by atoms with Crippen LogP contribution in [0.15, 0.2) is 12.1 Å². The first-order valence-corrected chi connectivity index (χ1v) is 9.34. The van der Waals surface area contributed by atoms with E-state index >= 15 is 0 Å². The van der Waals surface area contributed by atoms with Crippen molar-refractivity contribution in [1.82, 2.24) is 0 Å². The first-order valence-electron chi connectivity index (χ1n) is 9.34. The summed E-state index contributed by atoms with van der Waals surface area (Å²) in [7, 11) is 0. The first-order chi connectivity index (χ1) is 12.1. The van der Waals surface area contributed by atoms with Gasteiger partial charge in [-0.3, -0.25) is 9.59 Å². The molecule has 0 saturated heterocycles. The van der Waals surface area contributed by atoms with Gasteiger partial charge in [-0.15, -0.1) is 0 Å². The normalized spacial score (nSPS) is 10.4. The molecule has 0 fully saturated rings. The number of carbonyl (C=O) groups excluding carboxylic acids is 2. The molecule has 0 spiro atoms. The molecule has 0 atom stereocenters. The van der Waals surface area contributed by atoms with Crippen LogP contribution in [-0.4, -0.2) is 17.7 Å². The Bertz CT molecular complexity index is 576. The van der Waals surface area contributed by atoms with E-state index in [4.69, 9.17) is 0 Å². The molecule has 1 aromatic carbocycles. The molecule has 1 aromatic rings. The largest absolute Gasteiger partial charge is 0.506 e. The van der Waals surface area contributed by atoms with Crippen molar-refractivity contribution in [1.29, 1.82) is 0 Å². The molecule has 0 unspecified atom stereocenters. The van der Waals surface area contributed by atoms with Gasteiger partial charge in [-0.25, -0.2) is 0 Å². The fraction of sp³-hybridized carbons (Fsp3) is 0.545. The van der Waals surface area contributed by atoms with Crippen LogP contribution in [0, 0.1) is 17.8 Å². The Morgan fingerprint density at radius 2 is 1.44 bits per heavy atom. The summed E-state index contributed by atoms with van der Waals surface area (Å²) in [6.07, 6.45) is 12.1. The van der Waals surface area contributed by atoms with Crippen molar-refractivity contribution in [2.24, 2.45) is 5.92 Å². The van der Waals surface area contributed by atoms with E-state index < -0.39 is 0 Å². The van der Waals surface area contributed by atoms with Gasteiger partial charge in [0.2, 0.25) is 0 Å². The lowest BCUT2D eigenvalue weighted by atomic mass is 10.0. The first kappa shape index (κ1) is 21.0. The van der Waals surface area contributed by atoms with Crippen molar-refractivity contribution in [3.05, 3.63) is 28.8 Å². The van der Waals surface area contributed by atoms with Gasteiger partial charge in [0, 0.05) is 12.0 Å². The van der Waals surface area contributed by atoms with E-state index in [1.807, 2.05) is 0 Å². The maximum Gasteiger partial charge on any atom is 0.153 e. The summed E-state index contributed by atoms with van der Waals surface area (Å²) in [5.41, 5.74) is 0.796. The van der Waals surface area contributed by atoms with E-state index in [1.165, 1.54) is 57.1 Å². The average Bonchev–Trinajstić information content (AvgIpc) is 2.60. The van der Waals surface area contributed by atoms with Gasteiger partial charge in [0.15, 0.2) is 12.6 Å². The minimum atomic E-state index is -0.274. The molecule has 0 amide bonds. The van der Waals surface area contributed by atoms with E-state index in [0.717, 1.165) is 18.8 Å². The zero-order valence-electron chi connectivity index (χ0n) is 15.5. The molecule has 1 N–H and O–H groups in total. The van der Waals surface area contributed by atoms with Crippen molar-refractivity contribution >= 4 is 12.6 Å². The van der Waals surface area contributed by atoms with Crippen LogP contribution in [0.3, 0.4) is 0 Å². The highest BCUT2D eigenvalue weighted by molar-refractivity contribution is 5.89. The van der Waals surface area contributed by atoms with Crippen molar-refractivity contribution in [2.75, 3.05) is 0 Å². The van der Waals surface area contributed by atoms with Gasteiger partial charge >= 0.3 is 0 Å². The van der Waals surface area contributed by atoms with Crippen molar-refractivity contribution in [3.8, 4) is 17.6 Å². The number of aromatic hydroxyl groups is 1. The third kappa shape index (κ3) is 8.54. The molecular formula is C22H30O3. The van der Waals surface area contributed by atoms with Gasteiger partial charge in [-0.2, -0.15) is 0 Å². The number of phenols is 1. The quantitative estimate of drug-likeness (QED) is 0.326. The van der Waals surface area contributed by atoms with E-state index in [1.54, 1.807) is 0 Å². The molecule has 0 aliphatic rings. The van der Waals surface area contributed by atoms with Crippen LogP contribution < -0.4 is 0 Å². The lowest BCUT2D eigenvalue weighted by molar-refractivity contribution is 0.112. The van der Waals surface area contributed by atoms with Gasteiger partial charge < -0.3 is 5.11 Å². The van der Waals surface area contributed by atoms with Gasteiger partial charge in [0.05, 0.1) is 11.1 Å². The van der Waals surface area contributed by atoms with E-state index in [0.29, 0.717) is 18.1 Å². The van der Waals surface area contributed by atoms with E-state index in [-0.39, 0.29) is 16.9 Å². The Hall–Kier alpha value is -2.08. The third-order valence-corrected chi connectivity index (χ3v) is 4.24. The molecular weight excluding hydrogens is 312 g/mol. The number of hydrogen-bond acceptors (Lipinski definition) is 3. The Kier molecular flexibility index (Phi) is 10.3. The molecule has 25 heavy (non-hydrogen) atoms. The standard InChI is InChI=1S/C22H30O3/c1-18(2)12-10-8-6-4-3-5-7-9-11-13-19-14-20(16-23)22(25)21(15-19)17-24/h14-18,25H,3-10,12H2,1-2H3. The summed E-state index contributed by atoms with van der Waals surface area (Å²) < 4.78 is 0. The Labute approximate surface area is 151 Å². The number of benzene rings is 1. The number of carbonyl (C=O) groups is 2. The summed E-state index contributed by atoms with van der Waals surface area (Å²) in [4.78, 5) is 21.8. The third-order valence-electron chi connectivity index (χ3n) is 4.24. The lowest BCUT2D eigenvalue weighted by Gasteiger charge is -2.04. The SMILES string of the molecule is CC(C)CCCCCCCCCC#Cc1cc(C=O)c(O)c(C=O)c1. The van der Waals surface area contributed by atoms with Crippen molar-refractivity contribution < 1.29 is 14.7 Å². The molecule has 0 aromatic heterocycles. The van der Waals surface area contributed by atoms with Gasteiger partial charge in [-0.05, 0) is 24.5 Å². The lowest BCUT2D eigenvalue weighted by Crippen LogP contribution is -1.91. The van der Waals surface area contributed by atoms with Crippen LogP contribution in [-0.2, 0) is 0 Å². The highest BCUT2D eigenvalue weighted by atomic mass is 16.3. The smallest absolute Gasteiger partial charge is 0.153 e. The highest BCUT2D eigenvalue weighted by Gasteiger charge is 2.07. The van der Waals surface area contributed by atoms with Gasteiger partial charge in [0.25, 0.3) is 0 Å². The second-order valence-corrected chi connectivity index (χ2v) is 6.95. The van der Waals surface area contributed by atoms with Crippen molar-refractivity contribution in [3.63, 3.8) is 0 Å². The molecule has 0 bridgehead atoms. The molecule has 0 saturated carbocycles. The molecule has 0 radical (unpaired) electrons. The van der Waals surface area contributed by atoms with Gasteiger partial charge in [-0.1, -0.05) is 70.6 Å². The maximum absolute atomic E-state index is 10.9. The second-order valence-electron chi connectivity index (χ2n) is 6.95. The predicted molar refractivity (Wildman–Crippen MR) is 102 cm³/mol. The zero-order chi connectivity index (χ0) is 18.5. The minimum Gasteiger partial charge on any atom is -0.506 e. The zero-order valence-corrected chi connectivity index (χ0v) is 15.5. The number of rotatable bonds is 11. The van der Waals surface area contributed by atoms with Crippen LogP contribution in [0.4, 0.5) is 0 Å². The molecule has 0 heterocycles. The monoisotopic (exact) mass is 342 g/mol. The van der Waals surface area contributed by atoms with Crippen LogP contribution in [0.2, 0.25) is 0 Å². The average molecular weight is 342 g/mol. The number of phenolic OH excluding ortho intramolecular Hbond substituents is 1. The summed E-state index contributed by atoms with van der Waals surface area (Å²) in [5.74, 6) is 6.60. The minimum absolute atomic E-state index is 0.103. The Balaban J connectivity index is 2.25. The predicted octanol–water partition coefficient (Wildman–Crippen LogP) is 5.54. The number of unbranched alkanes of at least 4 members (excludes halogenated alkanes) is 7. The number of hydrogen-bond donors (Lipinski definition) is 1. The summed E-state index contributed by atoms with van der Waals surface area (Å²) in [5, 5.41) is 9.68. The van der Waals surface area contributed by atoms with E-state index in [9.17, 15) is 14.7 Å². The number of aldehydes is 2. The fourth-order valence-electron chi connectivity index (χ4n) is 2.75. The fourth-order valence-corrected chi connectivity index (χ4v) is 2.75. The summed E-state index contributed by atoms with van der Waals surface area (Å²) in [6.45, 7) is 4.55. The van der Waals surface area contributed by atoms with Crippen LogP contribution in [0.5, 0.6) is 5.75 Å². The topological polar surface area (TPSA) is 54.4 Å². The Morgan fingerprint density at radius 3 is 1.96 bits per heavy atom. The molecule has 3 nitrogen and oxygen atoms in total. The van der Waals surface area contributed by atoms with Crippen LogP contribution >= 0.6 is 0 Å². The molecule has 136 valence electrons. The summed E-state index contributed by atoms with van der Waals surface area (Å²) >= 11 is 0. The molecule has 0 aliphatic heterocycles.